The maximum absolute atomic E-state index is 12.1. The maximum Gasteiger partial charge on any atom is 0.340 e. The molecule has 5 atom stereocenters. The monoisotopic (exact) mass is 563 g/mol. The zero-order valence-corrected chi connectivity index (χ0v) is 22.4. The summed E-state index contributed by atoms with van der Waals surface area (Å²) in [4.78, 5) is 59.3. The third-order valence-electron chi connectivity index (χ3n) is 5.44. The number of para-hydroxylation sites is 1. The van der Waals surface area contributed by atoms with Crippen LogP contribution in [0.5, 0.6) is 0 Å². The first-order valence-electron chi connectivity index (χ1n) is 12.0. The predicted molar refractivity (Wildman–Crippen MR) is 129 cm³/mol. The van der Waals surface area contributed by atoms with E-state index in [1.165, 1.54) is 24.9 Å². The number of ether oxygens (including phenoxy) is 7. The Morgan fingerprint density at radius 3 is 2.12 bits per heavy atom. The Bertz CT molecular complexity index is 1250. The molecule has 0 amide bonds. The van der Waals surface area contributed by atoms with E-state index in [9.17, 15) is 24.0 Å². The van der Waals surface area contributed by atoms with Gasteiger partial charge in [-0.15, -0.1) is 5.10 Å². The summed E-state index contributed by atoms with van der Waals surface area (Å²) in [5.74, 6) is -3.48. The van der Waals surface area contributed by atoms with E-state index in [1.54, 1.807) is 24.3 Å². The molecule has 0 radical (unpaired) electrons. The van der Waals surface area contributed by atoms with Gasteiger partial charge in [0.05, 0.1) is 31.2 Å². The van der Waals surface area contributed by atoms with Crippen molar-refractivity contribution in [2.24, 2.45) is 0 Å². The minimum Gasteiger partial charge on any atom is -0.465 e. The molecule has 2 aromatic rings. The first-order chi connectivity index (χ1) is 19.0. The van der Waals surface area contributed by atoms with Gasteiger partial charge >= 0.3 is 29.8 Å². The van der Waals surface area contributed by atoms with Gasteiger partial charge in [0.1, 0.15) is 18.4 Å². The fourth-order valence-electron chi connectivity index (χ4n) is 3.93. The lowest BCUT2D eigenvalue weighted by Gasteiger charge is -2.43. The van der Waals surface area contributed by atoms with Gasteiger partial charge < -0.3 is 33.2 Å². The Balaban J connectivity index is 1.88. The van der Waals surface area contributed by atoms with Gasteiger partial charge in [0.15, 0.2) is 24.6 Å². The van der Waals surface area contributed by atoms with Gasteiger partial charge in [0.25, 0.3) is 0 Å². The molecule has 216 valence electrons. The second-order valence-electron chi connectivity index (χ2n) is 8.54. The first kappa shape index (κ1) is 30.2. The molecule has 1 aliphatic rings. The molecule has 0 saturated carbocycles. The van der Waals surface area contributed by atoms with E-state index in [4.69, 9.17) is 33.2 Å². The van der Waals surface area contributed by atoms with Crippen LogP contribution in [0.15, 0.2) is 30.5 Å². The van der Waals surface area contributed by atoms with Crippen LogP contribution in [-0.2, 0) is 58.9 Å². The van der Waals surface area contributed by atoms with Crippen molar-refractivity contribution in [2.45, 2.75) is 65.0 Å². The summed E-state index contributed by atoms with van der Waals surface area (Å²) in [5, 5.41) is 8.06. The van der Waals surface area contributed by atoms with Crippen molar-refractivity contribution in [3.8, 4) is 5.69 Å². The van der Waals surface area contributed by atoms with E-state index >= 15 is 0 Å². The number of methoxy groups -OCH3 is 1. The van der Waals surface area contributed by atoms with Gasteiger partial charge in [0, 0.05) is 27.7 Å². The normalized spacial score (nSPS) is 22.1. The number of hydrogen-bond acceptors (Lipinski definition) is 14. The van der Waals surface area contributed by atoms with E-state index in [2.05, 4.69) is 10.3 Å². The highest BCUT2D eigenvalue weighted by Crippen LogP contribution is 2.30. The summed E-state index contributed by atoms with van der Waals surface area (Å²) in [6, 6.07) is 6.58. The summed E-state index contributed by atoms with van der Waals surface area (Å²) < 4.78 is 39.0. The Morgan fingerprint density at radius 2 is 1.50 bits per heavy atom. The second-order valence-corrected chi connectivity index (χ2v) is 8.54. The zero-order valence-electron chi connectivity index (χ0n) is 22.4. The molecule has 40 heavy (non-hydrogen) atoms. The van der Waals surface area contributed by atoms with Gasteiger partial charge in [-0.05, 0) is 12.1 Å². The Labute approximate surface area is 228 Å². The van der Waals surface area contributed by atoms with E-state index in [1.807, 2.05) is 0 Å². The van der Waals surface area contributed by atoms with Crippen LogP contribution in [0.25, 0.3) is 5.69 Å². The van der Waals surface area contributed by atoms with Crippen LogP contribution in [-0.4, -0.2) is 89.3 Å². The van der Waals surface area contributed by atoms with Crippen LogP contribution in [0.4, 0.5) is 0 Å². The Hall–Kier alpha value is -4.37. The van der Waals surface area contributed by atoms with Crippen molar-refractivity contribution < 1.29 is 57.1 Å². The summed E-state index contributed by atoms with van der Waals surface area (Å²) in [7, 11) is 1.26. The molecule has 1 aromatic carbocycles. The van der Waals surface area contributed by atoms with Crippen molar-refractivity contribution in [3.05, 3.63) is 41.7 Å². The van der Waals surface area contributed by atoms with Crippen molar-refractivity contribution in [2.75, 3.05) is 13.7 Å². The summed E-state index contributed by atoms with van der Waals surface area (Å²) >= 11 is 0. The summed E-state index contributed by atoms with van der Waals surface area (Å²) in [6.45, 7) is 3.90. The van der Waals surface area contributed by atoms with Gasteiger partial charge in [-0.2, -0.15) is 0 Å². The minimum absolute atomic E-state index is 0.242. The van der Waals surface area contributed by atoms with Crippen molar-refractivity contribution in [1.82, 2.24) is 15.0 Å². The molecule has 1 aromatic heterocycles. The highest BCUT2D eigenvalue weighted by molar-refractivity contribution is 5.93. The van der Waals surface area contributed by atoms with Gasteiger partial charge in [-0.1, -0.05) is 17.3 Å². The molecule has 0 unspecified atom stereocenters. The molecule has 2 heterocycles. The van der Waals surface area contributed by atoms with E-state index in [-0.39, 0.29) is 17.9 Å². The topological polar surface area (TPSA) is 181 Å². The molecular formula is C25H29N3O12. The summed E-state index contributed by atoms with van der Waals surface area (Å²) in [6.07, 6.45) is -5.10. The molecule has 0 spiro atoms. The van der Waals surface area contributed by atoms with Crippen LogP contribution >= 0.6 is 0 Å². The molecule has 15 heteroatoms. The number of benzene rings is 1. The van der Waals surface area contributed by atoms with Crippen LogP contribution in [0.1, 0.15) is 43.7 Å². The molecule has 0 N–H and O–H groups in total. The van der Waals surface area contributed by atoms with Crippen LogP contribution < -0.4 is 0 Å². The van der Waals surface area contributed by atoms with Crippen molar-refractivity contribution in [3.63, 3.8) is 0 Å². The third-order valence-corrected chi connectivity index (χ3v) is 5.44. The predicted octanol–water partition coefficient (Wildman–Crippen LogP) is 0.654. The van der Waals surface area contributed by atoms with Gasteiger partial charge in [-0.25, -0.2) is 9.48 Å². The van der Waals surface area contributed by atoms with Crippen LogP contribution in [0, 0.1) is 0 Å². The van der Waals surface area contributed by atoms with Crippen molar-refractivity contribution >= 4 is 29.8 Å². The summed E-state index contributed by atoms with van der Waals surface area (Å²) in [5.41, 5.74) is 0.940. The third kappa shape index (κ3) is 7.83. The minimum atomic E-state index is -1.38. The molecule has 15 nitrogen and oxygen atoms in total. The lowest BCUT2D eigenvalue weighted by molar-refractivity contribution is -0.310. The van der Waals surface area contributed by atoms with E-state index < -0.39 is 67.2 Å². The standard InChI is InChI=1S/C25H29N3O12/c1-13(29)35-12-20-21(37-14(2)30)22(38-15(3)31)23(39-16(4)32)25(40-20)36-11-17-10-28(27-26-17)19-9-7-6-8-18(19)24(33)34-5/h6-10,20-23,25H,11-12H2,1-5H3/t20-,21-,22+,23+,25+/m1/s1. The Morgan fingerprint density at radius 1 is 0.875 bits per heavy atom. The molecule has 0 aliphatic carbocycles. The lowest BCUT2D eigenvalue weighted by atomic mass is 9.98. The fraction of sp³-hybridized carbons (Fsp3) is 0.480. The fourth-order valence-corrected chi connectivity index (χ4v) is 3.93. The molecule has 1 saturated heterocycles. The first-order valence-corrected chi connectivity index (χ1v) is 12.0. The molecule has 1 fully saturated rings. The lowest BCUT2D eigenvalue weighted by Crippen LogP contribution is -2.62. The molecular weight excluding hydrogens is 534 g/mol. The number of rotatable bonds is 10. The molecule has 3 rings (SSSR count). The highest BCUT2D eigenvalue weighted by Gasteiger charge is 2.52. The highest BCUT2D eigenvalue weighted by atomic mass is 16.7. The van der Waals surface area contributed by atoms with Crippen LogP contribution in [0.2, 0.25) is 0 Å². The van der Waals surface area contributed by atoms with Gasteiger partial charge in [-0.3, -0.25) is 19.2 Å². The number of aromatic nitrogens is 3. The largest absolute Gasteiger partial charge is 0.465 e. The quantitative estimate of drug-likeness (QED) is 0.290. The number of esters is 5. The van der Waals surface area contributed by atoms with Crippen molar-refractivity contribution in [1.29, 1.82) is 0 Å². The number of carbonyl (C=O) groups is 5. The average Bonchev–Trinajstić information content (AvgIpc) is 3.37. The van der Waals surface area contributed by atoms with Gasteiger partial charge in [0.2, 0.25) is 0 Å². The average molecular weight is 564 g/mol. The zero-order chi connectivity index (χ0) is 29.4. The molecule has 1 aliphatic heterocycles. The number of hydrogen-bond donors (Lipinski definition) is 0. The van der Waals surface area contributed by atoms with E-state index in [0.29, 0.717) is 5.69 Å². The second kappa shape index (κ2) is 13.6. The van der Waals surface area contributed by atoms with E-state index in [0.717, 1.165) is 20.8 Å². The Kier molecular flexibility index (Phi) is 10.3. The smallest absolute Gasteiger partial charge is 0.340 e. The maximum atomic E-state index is 12.1. The number of nitrogens with zero attached hydrogens (tertiary/aromatic N) is 3. The van der Waals surface area contributed by atoms with Crippen LogP contribution in [0.3, 0.4) is 0 Å². The number of carbonyl (C=O) groups excluding carboxylic acids is 5. The SMILES string of the molecule is COC(=O)c1ccccc1-n1cc(CO[C@H]2O[C@H](COC(C)=O)[C@@H](OC(C)=O)[C@H](OC(C)=O)[C@@H]2OC(C)=O)nn1. The molecule has 0 bridgehead atoms.